The van der Waals surface area contributed by atoms with E-state index >= 15 is 0 Å². The van der Waals surface area contributed by atoms with Gasteiger partial charge >= 0.3 is 12.2 Å². The van der Waals surface area contributed by atoms with Crippen LogP contribution < -0.4 is 10.9 Å². The maximum atomic E-state index is 12.0. The molecule has 2 aliphatic rings. The van der Waals surface area contributed by atoms with Gasteiger partial charge in [0.05, 0.1) is 0 Å². The van der Waals surface area contributed by atoms with Gasteiger partial charge in [-0.05, 0) is 84.0 Å². The van der Waals surface area contributed by atoms with Crippen molar-refractivity contribution in [3.05, 3.63) is 11.8 Å². The van der Waals surface area contributed by atoms with Crippen molar-refractivity contribution >= 4 is 24.0 Å². The van der Waals surface area contributed by atoms with E-state index in [2.05, 4.69) is 21.0 Å². The number of hydrogen-bond acceptors (Lipinski definition) is 8. The van der Waals surface area contributed by atoms with E-state index in [1.807, 2.05) is 20.8 Å². The largest absolute Gasteiger partial charge is 0.465 e. The number of hydrazine groups is 1. The molecule has 0 spiro atoms. The summed E-state index contributed by atoms with van der Waals surface area (Å²) in [6.07, 6.45) is 7.85. The number of carbonyl (C=O) groups excluding carboxylic acids is 3. The van der Waals surface area contributed by atoms with Gasteiger partial charge in [0.15, 0.2) is 0 Å². The van der Waals surface area contributed by atoms with Gasteiger partial charge in [0.1, 0.15) is 5.60 Å². The standard InChI is InChI=1S/C16H29N3O4.C12H19N3O3/c1-12(20)17-18-14(21)7-5-6-13-8-10-19(11-9-13)15(22)23-16(2,3)4;1-9-13-14-11(18-9)4-2-3-10-5-7-15(8-6-10)12(16)17/h13H,5-11H2,1-4H3,(H,17,20)(H,18,21);10H,2-8H2,1H3,(H,16,17). The molecule has 2 saturated heterocycles. The molecule has 2 fully saturated rings. The minimum atomic E-state index is -0.796. The second-order valence-electron chi connectivity index (χ2n) is 11.9. The van der Waals surface area contributed by atoms with E-state index in [0.717, 1.165) is 57.8 Å². The smallest absolute Gasteiger partial charge is 0.410 e. The predicted octanol–water partition coefficient (Wildman–Crippen LogP) is 4.06. The third-order valence-electron chi connectivity index (χ3n) is 7.12. The Morgan fingerprint density at radius 1 is 0.927 bits per heavy atom. The topological polar surface area (TPSA) is 167 Å². The molecule has 3 heterocycles. The Bertz CT molecular complexity index is 977. The van der Waals surface area contributed by atoms with Crippen LogP contribution in [-0.2, 0) is 20.7 Å². The summed E-state index contributed by atoms with van der Waals surface area (Å²) in [6, 6.07) is 0. The molecule has 3 rings (SSSR count). The summed E-state index contributed by atoms with van der Waals surface area (Å²) in [5.41, 5.74) is 4.17. The van der Waals surface area contributed by atoms with Crippen LogP contribution in [0.2, 0.25) is 0 Å². The molecule has 13 nitrogen and oxygen atoms in total. The second kappa shape index (κ2) is 16.8. The number of nitrogens with one attached hydrogen (secondary N) is 2. The molecule has 1 aromatic heterocycles. The lowest BCUT2D eigenvalue weighted by Crippen LogP contribution is -2.42. The number of amides is 4. The molecule has 41 heavy (non-hydrogen) atoms. The number of rotatable bonds is 8. The molecule has 4 amide bonds. The normalized spacial score (nSPS) is 16.4. The van der Waals surface area contributed by atoms with Crippen LogP contribution in [0.5, 0.6) is 0 Å². The molecular formula is C28H48N6O7. The Labute approximate surface area is 242 Å². The van der Waals surface area contributed by atoms with Crippen LogP contribution in [0.25, 0.3) is 0 Å². The van der Waals surface area contributed by atoms with E-state index in [1.165, 1.54) is 11.8 Å². The minimum absolute atomic E-state index is 0.175. The minimum Gasteiger partial charge on any atom is -0.465 e. The number of ether oxygens (including phenoxy) is 1. The molecule has 0 saturated carbocycles. The fraction of sp³-hybridized carbons (Fsp3) is 0.786. The van der Waals surface area contributed by atoms with Crippen LogP contribution in [0.3, 0.4) is 0 Å². The lowest BCUT2D eigenvalue weighted by Gasteiger charge is -2.33. The molecule has 0 unspecified atom stereocenters. The molecular weight excluding hydrogens is 532 g/mol. The first-order chi connectivity index (χ1) is 19.3. The molecule has 1 aromatic rings. The van der Waals surface area contributed by atoms with Crippen molar-refractivity contribution in [1.82, 2.24) is 30.8 Å². The molecule has 0 aromatic carbocycles. The highest BCUT2D eigenvalue weighted by Gasteiger charge is 2.27. The van der Waals surface area contributed by atoms with Crippen molar-refractivity contribution in [3.63, 3.8) is 0 Å². The first kappa shape index (κ1) is 33.8. The fourth-order valence-corrected chi connectivity index (χ4v) is 4.90. The Kier molecular flexibility index (Phi) is 13.8. The van der Waals surface area contributed by atoms with Crippen molar-refractivity contribution < 1.29 is 33.4 Å². The zero-order valence-corrected chi connectivity index (χ0v) is 25.2. The SMILES string of the molecule is CC(=O)NNC(=O)CCCC1CCN(C(=O)OC(C)(C)C)CC1.Cc1nnc(CCCC2CCN(C(=O)O)CC2)o1. The van der Waals surface area contributed by atoms with E-state index in [-0.39, 0.29) is 17.9 Å². The monoisotopic (exact) mass is 580 g/mol. The van der Waals surface area contributed by atoms with E-state index in [1.54, 1.807) is 11.8 Å². The summed E-state index contributed by atoms with van der Waals surface area (Å²) in [7, 11) is 0. The third kappa shape index (κ3) is 14.2. The average Bonchev–Trinajstić information content (AvgIpc) is 3.32. The maximum absolute atomic E-state index is 12.0. The second-order valence-corrected chi connectivity index (χ2v) is 11.9. The molecule has 232 valence electrons. The summed E-state index contributed by atoms with van der Waals surface area (Å²) in [4.78, 5) is 48.1. The van der Waals surface area contributed by atoms with Gasteiger partial charge < -0.3 is 24.1 Å². The molecule has 0 bridgehead atoms. The quantitative estimate of drug-likeness (QED) is 0.384. The third-order valence-corrected chi connectivity index (χ3v) is 7.12. The van der Waals surface area contributed by atoms with Gasteiger partial charge in [0.25, 0.3) is 0 Å². The van der Waals surface area contributed by atoms with Crippen molar-refractivity contribution in [3.8, 4) is 0 Å². The number of nitrogens with zero attached hydrogens (tertiary/aromatic N) is 4. The summed E-state index contributed by atoms with van der Waals surface area (Å²) in [5, 5.41) is 16.6. The number of hydrogen-bond donors (Lipinski definition) is 3. The molecule has 0 radical (unpaired) electrons. The number of aromatic nitrogens is 2. The van der Waals surface area contributed by atoms with Crippen LogP contribution >= 0.6 is 0 Å². The van der Waals surface area contributed by atoms with Gasteiger partial charge in [0, 0.05) is 52.9 Å². The number of likely N-dealkylation sites (tertiary alicyclic amines) is 2. The van der Waals surface area contributed by atoms with Crippen LogP contribution in [-0.4, -0.2) is 80.9 Å². The van der Waals surface area contributed by atoms with Crippen LogP contribution in [0.1, 0.15) is 97.3 Å². The molecule has 2 aliphatic heterocycles. The van der Waals surface area contributed by atoms with Crippen molar-refractivity contribution in [2.45, 2.75) is 104 Å². The number of piperidine rings is 2. The lowest BCUT2D eigenvalue weighted by atomic mass is 9.91. The predicted molar refractivity (Wildman–Crippen MR) is 151 cm³/mol. The number of carboxylic acid groups (broad SMARTS) is 1. The van der Waals surface area contributed by atoms with Gasteiger partial charge in [-0.1, -0.05) is 0 Å². The molecule has 0 aliphatic carbocycles. The Morgan fingerprint density at radius 3 is 1.98 bits per heavy atom. The molecule has 0 atom stereocenters. The molecule has 13 heteroatoms. The van der Waals surface area contributed by atoms with E-state index in [4.69, 9.17) is 14.3 Å². The van der Waals surface area contributed by atoms with E-state index in [9.17, 15) is 19.2 Å². The number of aryl methyl sites for hydroxylation is 2. The highest BCUT2D eigenvalue weighted by atomic mass is 16.6. The highest BCUT2D eigenvalue weighted by molar-refractivity contribution is 5.80. The van der Waals surface area contributed by atoms with Crippen molar-refractivity contribution in [2.24, 2.45) is 11.8 Å². The zero-order valence-electron chi connectivity index (χ0n) is 25.2. The van der Waals surface area contributed by atoms with E-state index in [0.29, 0.717) is 56.2 Å². The highest BCUT2D eigenvalue weighted by Crippen LogP contribution is 2.24. The average molecular weight is 581 g/mol. The number of carbonyl (C=O) groups is 4. The fourth-order valence-electron chi connectivity index (χ4n) is 4.90. The Hall–Kier alpha value is -3.38. The summed E-state index contributed by atoms with van der Waals surface area (Å²) in [6.45, 7) is 11.5. The van der Waals surface area contributed by atoms with Gasteiger partial charge in [-0.2, -0.15) is 0 Å². The van der Waals surface area contributed by atoms with Gasteiger partial charge in [-0.25, -0.2) is 9.59 Å². The summed E-state index contributed by atoms with van der Waals surface area (Å²) >= 11 is 0. The Morgan fingerprint density at radius 2 is 1.49 bits per heavy atom. The van der Waals surface area contributed by atoms with E-state index < -0.39 is 11.7 Å². The van der Waals surface area contributed by atoms with Crippen molar-refractivity contribution in [2.75, 3.05) is 26.2 Å². The van der Waals surface area contributed by atoms with Gasteiger partial charge in [-0.15, -0.1) is 10.2 Å². The lowest BCUT2D eigenvalue weighted by molar-refractivity contribution is -0.127. The van der Waals surface area contributed by atoms with Crippen LogP contribution in [0, 0.1) is 18.8 Å². The first-order valence-electron chi connectivity index (χ1n) is 14.6. The first-order valence-corrected chi connectivity index (χ1v) is 14.6. The summed E-state index contributed by atoms with van der Waals surface area (Å²) in [5.74, 6) is 2.02. The molecule has 3 N–H and O–H groups in total. The zero-order chi connectivity index (χ0) is 30.4. The van der Waals surface area contributed by atoms with Crippen LogP contribution in [0.4, 0.5) is 9.59 Å². The summed E-state index contributed by atoms with van der Waals surface area (Å²) < 4.78 is 10.7. The van der Waals surface area contributed by atoms with Crippen LogP contribution in [0.15, 0.2) is 4.42 Å². The Balaban J connectivity index is 0.000000295. The van der Waals surface area contributed by atoms with Gasteiger partial charge in [-0.3, -0.25) is 20.4 Å². The maximum Gasteiger partial charge on any atom is 0.410 e. The van der Waals surface area contributed by atoms with Crippen molar-refractivity contribution in [1.29, 1.82) is 0 Å². The van der Waals surface area contributed by atoms with Gasteiger partial charge in [0.2, 0.25) is 23.6 Å².